The molecule has 0 bridgehead atoms. The van der Waals surface area contributed by atoms with E-state index in [9.17, 15) is 8.42 Å². The molecule has 0 aromatic heterocycles. The maximum atomic E-state index is 12.5. The van der Waals surface area contributed by atoms with Crippen LogP contribution in [-0.4, -0.2) is 25.3 Å². The number of nitrogens with zero attached hydrogens (tertiary/aromatic N) is 1. The molecule has 3 nitrogen and oxygen atoms in total. The SMILES string of the molecule is CC1CCCCN1S(=O)(=O)c1ccc(Cl)c(Br)c1. The van der Waals surface area contributed by atoms with Gasteiger partial charge in [0.05, 0.1) is 9.92 Å². The zero-order valence-corrected chi connectivity index (χ0v) is 13.2. The van der Waals surface area contributed by atoms with Crippen molar-refractivity contribution in [1.29, 1.82) is 0 Å². The van der Waals surface area contributed by atoms with E-state index in [1.165, 1.54) is 0 Å². The quantitative estimate of drug-likeness (QED) is 0.814. The number of hydrogen-bond donors (Lipinski definition) is 0. The predicted octanol–water partition coefficient (Wildman–Crippen LogP) is 3.67. The molecule has 0 radical (unpaired) electrons. The molecule has 1 aromatic carbocycles. The van der Waals surface area contributed by atoms with Crippen LogP contribution >= 0.6 is 27.5 Å². The van der Waals surface area contributed by atoms with Crippen LogP contribution in [0.3, 0.4) is 0 Å². The van der Waals surface area contributed by atoms with E-state index in [-0.39, 0.29) is 6.04 Å². The van der Waals surface area contributed by atoms with Gasteiger partial charge in [-0.2, -0.15) is 4.31 Å². The van der Waals surface area contributed by atoms with Crippen LogP contribution < -0.4 is 0 Å². The largest absolute Gasteiger partial charge is 0.243 e. The standard InChI is InChI=1S/C12H15BrClNO2S/c1-9-4-2-3-7-15(9)18(16,17)10-5-6-12(14)11(13)8-10/h5-6,8-9H,2-4,7H2,1H3. The lowest BCUT2D eigenvalue weighted by Crippen LogP contribution is -2.41. The molecule has 6 heteroatoms. The van der Waals surface area contributed by atoms with Crippen LogP contribution in [0, 0.1) is 0 Å². The molecule has 1 atom stereocenters. The van der Waals surface area contributed by atoms with Crippen molar-refractivity contribution >= 4 is 37.6 Å². The summed E-state index contributed by atoms with van der Waals surface area (Å²) in [5.74, 6) is 0. The summed E-state index contributed by atoms with van der Waals surface area (Å²) in [4.78, 5) is 0.299. The first-order chi connectivity index (χ1) is 8.43. The second-order valence-electron chi connectivity index (χ2n) is 4.54. The molecule has 0 amide bonds. The van der Waals surface area contributed by atoms with E-state index in [0.29, 0.717) is 20.9 Å². The monoisotopic (exact) mass is 351 g/mol. The lowest BCUT2D eigenvalue weighted by atomic mass is 10.1. The highest BCUT2D eigenvalue weighted by molar-refractivity contribution is 9.10. The second kappa shape index (κ2) is 5.49. The maximum absolute atomic E-state index is 12.5. The van der Waals surface area contributed by atoms with E-state index >= 15 is 0 Å². The fraction of sp³-hybridized carbons (Fsp3) is 0.500. The van der Waals surface area contributed by atoms with Crippen molar-refractivity contribution < 1.29 is 8.42 Å². The first-order valence-corrected chi connectivity index (χ1v) is 8.51. The van der Waals surface area contributed by atoms with Gasteiger partial charge < -0.3 is 0 Å². The summed E-state index contributed by atoms with van der Waals surface area (Å²) in [6, 6.07) is 4.80. The van der Waals surface area contributed by atoms with Gasteiger partial charge in [0.25, 0.3) is 0 Å². The third-order valence-electron chi connectivity index (χ3n) is 3.24. The highest BCUT2D eigenvalue weighted by Gasteiger charge is 2.31. The highest BCUT2D eigenvalue weighted by Crippen LogP contribution is 2.29. The van der Waals surface area contributed by atoms with Crippen LogP contribution in [0.4, 0.5) is 0 Å². The summed E-state index contributed by atoms with van der Waals surface area (Å²) in [5.41, 5.74) is 0. The van der Waals surface area contributed by atoms with E-state index in [2.05, 4.69) is 15.9 Å². The average molecular weight is 353 g/mol. The van der Waals surface area contributed by atoms with Gasteiger partial charge in [-0.25, -0.2) is 8.42 Å². The summed E-state index contributed by atoms with van der Waals surface area (Å²) in [5, 5.41) is 0.514. The van der Waals surface area contributed by atoms with Crippen molar-refractivity contribution in [3.05, 3.63) is 27.7 Å². The third-order valence-corrected chi connectivity index (χ3v) is 6.46. The van der Waals surface area contributed by atoms with Crippen LogP contribution in [0.2, 0.25) is 5.02 Å². The smallest absolute Gasteiger partial charge is 0.207 e. The fourth-order valence-electron chi connectivity index (χ4n) is 2.20. The zero-order valence-electron chi connectivity index (χ0n) is 10.1. The van der Waals surface area contributed by atoms with Gasteiger partial charge in [-0.3, -0.25) is 0 Å². The Morgan fingerprint density at radius 2 is 2.11 bits per heavy atom. The van der Waals surface area contributed by atoms with Crippen molar-refractivity contribution in [3.8, 4) is 0 Å². The molecular weight excluding hydrogens is 338 g/mol. The Labute approximate surface area is 121 Å². The van der Waals surface area contributed by atoms with Gasteiger partial charge in [0.15, 0.2) is 0 Å². The van der Waals surface area contributed by atoms with Crippen LogP contribution in [-0.2, 0) is 10.0 Å². The van der Waals surface area contributed by atoms with Crippen molar-refractivity contribution in [3.63, 3.8) is 0 Å². The topological polar surface area (TPSA) is 37.4 Å². The van der Waals surface area contributed by atoms with Gasteiger partial charge in [0, 0.05) is 17.1 Å². The van der Waals surface area contributed by atoms with Gasteiger partial charge in [-0.15, -0.1) is 0 Å². The van der Waals surface area contributed by atoms with Gasteiger partial charge in [-0.05, 0) is 53.9 Å². The summed E-state index contributed by atoms with van der Waals surface area (Å²) >= 11 is 9.15. The summed E-state index contributed by atoms with van der Waals surface area (Å²) < 4.78 is 27.2. The normalized spacial score (nSPS) is 22.1. The Bertz CT molecular complexity index is 547. The van der Waals surface area contributed by atoms with Gasteiger partial charge >= 0.3 is 0 Å². The molecule has 1 aromatic rings. The minimum absolute atomic E-state index is 0.0678. The number of benzene rings is 1. The molecular formula is C12H15BrClNO2S. The number of sulfonamides is 1. The molecule has 1 saturated heterocycles. The van der Waals surface area contributed by atoms with Crippen LogP contribution in [0.1, 0.15) is 26.2 Å². The van der Waals surface area contributed by atoms with Crippen molar-refractivity contribution in [1.82, 2.24) is 4.31 Å². The summed E-state index contributed by atoms with van der Waals surface area (Å²) in [6.07, 6.45) is 2.95. The van der Waals surface area contributed by atoms with E-state index < -0.39 is 10.0 Å². The van der Waals surface area contributed by atoms with Crippen molar-refractivity contribution in [2.45, 2.75) is 37.1 Å². The highest BCUT2D eigenvalue weighted by atomic mass is 79.9. The van der Waals surface area contributed by atoms with Crippen LogP contribution in [0.25, 0.3) is 0 Å². The molecule has 1 fully saturated rings. The lowest BCUT2D eigenvalue weighted by Gasteiger charge is -2.32. The number of rotatable bonds is 2. The molecule has 0 saturated carbocycles. The lowest BCUT2D eigenvalue weighted by molar-refractivity contribution is 0.268. The van der Waals surface area contributed by atoms with E-state index in [4.69, 9.17) is 11.6 Å². The molecule has 1 heterocycles. The van der Waals surface area contributed by atoms with Gasteiger partial charge in [-0.1, -0.05) is 18.0 Å². The second-order valence-corrected chi connectivity index (χ2v) is 7.69. The molecule has 0 aliphatic carbocycles. The Morgan fingerprint density at radius 1 is 1.39 bits per heavy atom. The Morgan fingerprint density at radius 3 is 2.72 bits per heavy atom. The van der Waals surface area contributed by atoms with Gasteiger partial charge in [0.1, 0.15) is 0 Å². The van der Waals surface area contributed by atoms with Gasteiger partial charge in [0.2, 0.25) is 10.0 Å². The Kier molecular flexibility index (Phi) is 4.36. The zero-order chi connectivity index (χ0) is 13.3. The Balaban J connectivity index is 2.37. The molecule has 2 rings (SSSR count). The molecule has 1 unspecified atom stereocenters. The van der Waals surface area contributed by atoms with Crippen LogP contribution in [0.15, 0.2) is 27.6 Å². The number of piperidine rings is 1. The maximum Gasteiger partial charge on any atom is 0.243 e. The molecule has 0 spiro atoms. The minimum atomic E-state index is -3.41. The molecule has 0 N–H and O–H groups in total. The molecule has 18 heavy (non-hydrogen) atoms. The molecule has 100 valence electrons. The number of halogens is 2. The van der Waals surface area contributed by atoms with E-state index in [0.717, 1.165) is 19.3 Å². The van der Waals surface area contributed by atoms with E-state index in [1.807, 2.05) is 6.92 Å². The third kappa shape index (κ3) is 2.74. The summed E-state index contributed by atoms with van der Waals surface area (Å²) in [7, 11) is -3.41. The Hall–Kier alpha value is -0.100. The summed E-state index contributed by atoms with van der Waals surface area (Å²) in [6.45, 7) is 2.56. The van der Waals surface area contributed by atoms with Crippen molar-refractivity contribution in [2.75, 3.05) is 6.54 Å². The average Bonchev–Trinajstić information content (AvgIpc) is 2.33. The minimum Gasteiger partial charge on any atom is -0.207 e. The first-order valence-electron chi connectivity index (χ1n) is 5.90. The van der Waals surface area contributed by atoms with E-state index in [1.54, 1.807) is 22.5 Å². The predicted molar refractivity (Wildman–Crippen MR) is 76.4 cm³/mol. The first kappa shape index (κ1) is 14.3. The molecule has 1 aliphatic heterocycles. The molecule has 1 aliphatic rings. The number of hydrogen-bond acceptors (Lipinski definition) is 2. The fourth-order valence-corrected chi connectivity index (χ4v) is 4.58. The van der Waals surface area contributed by atoms with Crippen LogP contribution in [0.5, 0.6) is 0 Å². The van der Waals surface area contributed by atoms with Crippen molar-refractivity contribution in [2.24, 2.45) is 0 Å².